The second kappa shape index (κ2) is 8.81. The predicted octanol–water partition coefficient (Wildman–Crippen LogP) is 4.02. The Bertz CT molecular complexity index is 977. The van der Waals surface area contributed by atoms with E-state index in [4.69, 9.17) is 4.74 Å². The molecule has 158 valence electrons. The Kier molecular flexibility index (Phi) is 5.97. The van der Waals surface area contributed by atoms with Crippen LogP contribution in [0.5, 0.6) is 5.75 Å². The van der Waals surface area contributed by atoms with Crippen molar-refractivity contribution in [2.45, 2.75) is 64.6 Å². The molecule has 0 bridgehead atoms. The van der Waals surface area contributed by atoms with Gasteiger partial charge >= 0.3 is 0 Å². The fourth-order valence-electron chi connectivity index (χ4n) is 4.41. The molecule has 0 spiro atoms. The molecule has 3 aliphatic rings. The van der Waals surface area contributed by atoms with Crippen LogP contribution in [-0.2, 0) is 6.54 Å². The molecular formula is C23H29N5O2. The van der Waals surface area contributed by atoms with Gasteiger partial charge in [0.25, 0.3) is 5.91 Å². The molecule has 4 rings (SSSR count). The minimum absolute atomic E-state index is 0.0584. The van der Waals surface area contributed by atoms with Crippen molar-refractivity contribution in [2.24, 2.45) is 0 Å². The van der Waals surface area contributed by atoms with Gasteiger partial charge in [-0.15, -0.1) is 0 Å². The number of benzene rings is 1. The first kappa shape index (κ1) is 20.3. The van der Waals surface area contributed by atoms with Crippen LogP contribution < -0.4 is 4.74 Å². The van der Waals surface area contributed by atoms with E-state index >= 15 is 0 Å². The third kappa shape index (κ3) is 4.15. The van der Waals surface area contributed by atoms with E-state index in [1.165, 1.54) is 25.6 Å². The van der Waals surface area contributed by atoms with Gasteiger partial charge in [0.05, 0.1) is 19.0 Å². The van der Waals surface area contributed by atoms with Crippen molar-refractivity contribution >= 4 is 5.91 Å². The van der Waals surface area contributed by atoms with Crippen LogP contribution in [0.25, 0.3) is 11.5 Å². The lowest BCUT2D eigenvalue weighted by atomic mass is 9.92. The molecule has 0 aromatic heterocycles. The largest absolute Gasteiger partial charge is 0.496 e. The summed E-state index contributed by atoms with van der Waals surface area (Å²) in [5.41, 5.74) is 2.42. The highest BCUT2D eigenvalue weighted by Crippen LogP contribution is 2.29. The zero-order valence-corrected chi connectivity index (χ0v) is 17.9. The lowest BCUT2D eigenvalue weighted by Crippen LogP contribution is -2.45. The van der Waals surface area contributed by atoms with E-state index < -0.39 is 0 Å². The van der Waals surface area contributed by atoms with E-state index in [9.17, 15) is 4.79 Å². The molecule has 7 heteroatoms. The Balaban J connectivity index is 1.58. The normalized spacial score (nSPS) is 14.9. The van der Waals surface area contributed by atoms with Crippen LogP contribution in [-0.4, -0.2) is 49.5 Å². The average Bonchev–Trinajstić information content (AvgIpc) is 3.22. The van der Waals surface area contributed by atoms with Gasteiger partial charge in [-0.3, -0.25) is 4.79 Å². The number of methoxy groups -OCH3 is 1. The molecule has 2 aliphatic heterocycles. The third-order valence-electron chi connectivity index (χ3n) is 5.84. The van der Waals surface area contributed by atoms with Gasteiger partial charge in [0.15, 0.2) is 5.82 Å². The molecular weight excluding hydrogens is 378 g/mol. The van der Waals surface area contributed by atoms with Crippen molar-refractivity contribution in [3.8, 4) is 17.3 Å². The van der Waals surface area contributed by atoms with Crippen LogP contribution in [0.2, 0.25) is 0 Å². The van der Waals surface area contributed by atoms with Crippen molar-refractivity contribution in [1.82, 2.24) is 24.4 Å². The summed E-state index contributed by atoms with van der Waals surface area (Å²) in [5, 5.41) is 0. The minimum atomic E-state index is 0.0584. The smallest absolute Gasteiger partial charge is 0.258 e. The maximum atomic E-state index is 13.5. The van der Waals surface area contributed by atoms with Crippen LogP contribution in [0, 0.1) is 0 Å². The lowest BCUT2D eigenvalue weighted by molar-refractivity contribution is 0.0552. The molecule has 0 saturated heterocycles. The molecule has 1 aliphatic carbocycles. The van der Waals surface area contributed by atoms with Crippen LogP contribution in [0.15, 0.2) is 37.1 Å². The number of carbonyl (C=O) groups excluding carboxylic acids is 1. The maximum Gasteiger partial charge on any atom is 0.258 e. The molecule has 0 unspecified atom stereocenters. The SMILES string of the molecule is COc1cc(Cn2cnc3ncnc-3c2)ccc1C(=O)N(C(C)C)C1CCCCC1. The van der Waals surface area contributed by atoms with E-state index in [1.807, 2.05) is 29.0 Å². The number of carbonyl (C=O) groups is 1. The zero-order chi connectivity index (χ0) is 21.1. The molecule has 30 heavy (non-hydrogen) atoms. The molecule has 0 atom stereocenters. The minimum Gasteiger partial charge on any atom is -0.496 e. The zero-order valence-electron chi connectivity index (χ0n) is 17.9. The number of hydrogen-bond acceptors (Lipinski definition) is 5. The van der Waals surface area contributed by atoms with E-state index in [-0.39, 0.29) is 11.9 Å². The first-order valence-corrected chi connectivity index (χ1v) is 10.7. The predicted molar refractivity (Wildman–Crippen MR) is 115 cm³/mol. The summed E-state index contributed by atoms with van der Waals surface area (Å²) in [6.45, 7) is 4.80. The molecule has 0 N–H and O–H groups in total. The second-order valence-corrected chi connectivity index (χ2v) is 8.26. The maximum absolute atomic E-state index is 13.5. The van der Waals surface area contributed by atoms with Crippen LogP contribution in [0.3, 0.4) is 0 Å². The van der Waals surface area contributed by atoms with Gasteiger partial charge in [-0.25, -0.2) is 15.0 Å². The molecule has 2 heterocycles. The fraction of sp³-hybridized carbons (Fsp3) is 0.478. The summed E-state index contributed by atoms with van der Waals surface area (Å²) < 4.78 is 7.58. The Morgan fingerprint density at radius 2 is 2.00 bits per heavy atom. The van der Waals surface area contributed by atoms with Crippen molar-refractivity contribution in [3.63, 3.8) is 0 Å². The highest BCUT2D eigenvalue weighted by molar-refractivity contribution is 5.97. The molecule has 1 fully saturated rings. The summed E-state index contributed by atoms with van der Waals surface area (Å²) in [5.74, 6) is 1.31. The van der Waals surface area contributed by atoms with Gasteiger partial charge in [-0.1, -0.05) is 25.3 Å². The molecule has 1 saturated carbocycles. The van der Waals surface area contributed by atoms with E-state index in [1.54, 1.807) is 13.4 Å². The molecule has 7 nitrogen and oxygen atoms in total. The Morgan fingerprint density at radius 3 is 2.73 bits per heavy atom. The number of fused-ring (bicyclic) bond motifs is 1. The number of nitrogens with zero attached hydrogens (tertiary/aromatic N) is 5. The van der Waals surface area contributed by atoms with Gasteiger partial charge in [0.2, 0.25) is 0 Å². The van der Waals surface area contributed by atoms with Gasteiger partial charge in [-0.05, 0) is 44.4 Å². The number of hydrogen-bond donors (Lipinski definition) is 0. The highest BCUT2D eigenvalue weighted by Gasteiger charge is 2.30. The summed E-state index contributed by atoms with van der Waals surface area (Å²) in [4.78, 5) is 28.1. The van der Waals surface area contributed by atoms with Crippen molar-refractivity contribution in [2.75, 3.05) is 7.11 Å². The van der Waals surface area contributed by atoms with E-state index in [0.29, 0.717) is 29.7 Å². The van der Waals surface area contributed by atoms with Crippen LogP contribution in [0.1, 0.15) is 61.9 Å². The summed E-state index contributed by atoms with van der Waals surface area (Å²) in [6.07, 6.45) is 11.0. The standard InChI is InChI=1S/C23H29N5O2/c1-16(2)28(18-7-5-4-6-8-18)23(29)19-10-9-17(11-21(19)30-3)12-27-13-20-22(26-15-27)25-14-24-20/h9-11,13-16,18H,4-8,12H2,1-3H3. The monoisotopic (exact) mass is 407 g/mol. The number of imidazole rings is 1. The molecule has 1 aromatic rings. The average molecular weight is 408 g/mol. The summed E-state index contributed by atoms with van der Waals surface area (Å²) >= 11 is 0. The first-order chi connectivity index (χ1) is 14.6. The van der Waals surface area contributed by atoms with E-state index in [2.05, 4.69) is 33.7 Å². The summed E-state index contributed by atoms with van der Waals surface area (Å²) in [6, 6.07) is 6.30. The number of rotatable bonds is 6. The van der Waals surface area contributed by atoms with Crippen LogP contribution in [0.4, 0.5) is 0 Å². The van der Waals surface area contributed by atoms with Crippen molar-refractivity contribution in [3.05, 3.63) is 48.2 Å². The Labute approximate surface area is 177 Å². The van der Waals surface area contributed by atoms with Crippen molar-refractivity contribution in [1.29, 1.82) is 0 Å². The number of ether oxygens (including phenoxy) is 1. The summed E-state index contributed by atoms with van der Waals surface area (Å²) in [7, 11) is 1.62. The second-order valence-electron chi connectivity index (χ2n) is 8.26. The highest BCUT2D eigenvalue weighted by atomic mass is 16.5. The molecule has 1 aromatic carbocycles. The van der Waals surface area contributed by atoms with Gasteiger partial charge in [-0.2, -0.15) is 0 Å². The third-order valence-corrected chi connectivity index (χ3v) is 5.84. The lowest BCUT2D eigenvalue weighted by Gasteiger charge is -2.37. The molecule has 1 amide bonds. The molecule has 0 radical (unpaired) electrons. The van der Waals surface area contributed by atoms with Gasteiger partial charge in [0, 0.05) is 24.8 Å². The topological polar surface area (TPSA) is 73.1 Å². The Hall–Kier alpha value is -2.96. The first-order valence-electron chi connectivity index (χ1n) is 10.7. The van der Waals surface area contributed by atoms with Crippen molar-refractivity contribution < 1.29 is 9.53 Å². The van der Waals surface area contributed by atoms with Gasteiger partial charge in [0.1, 0.15) is 17.8 Å². The van der Waals surface area contributed by atoms with Crippen LogP contribution >= 0.6 is 0 Å². The van der Waals surface area contributed by atoms with Gasteiger partial charge < -0.3 is 14.2 Å². The quantitative estimate of drug-likeness (QED) is 0.617. The number of amides is 1. The van der Waals surface area contributed by atoms with E-state index in [0.717, 1.165) is 24.1 Å². The Morgan fingerprint density at radius 1 is 1.20 bits per heavy atom. The number of aromatic nitrogens is 4. The fourth-order valence-corrected chi connectivity index (χ4v) is 4.41.